The molecule has 6 nitrogen and oxygen atoms in total. The number of ether oxygens (including phenoxy) is 1. The van der Waals surface area contributed by atoms with E-state index in [0.717, 1.165) is 12.1 Å². The highest BCUT2D eigenvalue weighted by molar-refractivity contribution is 6.02. The topological polar surface area (TPSA) is 75.7 Å². The van der Waals surface area contributed by atoms with Crippen LogP contribution in [0.1, 0.15) is 30.6 Å². The first kappa shape index (κ1) is 21.0. The third kappa shape index (κ3) is 5.12. The number of amides is 2. The fourth-order valence-corrected chi connectivity index (χ4v) is 2.57. The van der Waals surface area contributed by atoms with Gasteiger partial charge in [0.25, 0.3) is 0 Å². The first-order valence-electron chi connectivity index (χ1n) is 8.63. The number of nitrogens with zero attached hydrogens (tertiary/aromatic N) is 1. The fourth-order valence-electron chi connectivity index (χ4n) is 2.57. The molecule has 0 aliphatic rings. The van der Waals surface area contributed by atoms with E-state index in [1.54, 1.807) is 25.1 Å². The van der Waals surface area contributed by atoms with E-state index in [9.17, 15) is 23.2 Å². The van der Waals surface area contributed by atoms with Crippen molar-refractivity contribution in [3.05, 3.63) is 59.7 Å². The van der Waals surface area contributed by atoms with Gasteiger partial charge in [-0.15, -0.1) is 0 Å². The van der Waals surface area contributed by atoms with Gasteiger partial charge >= 0.3 is 5.97 Å². The highest BCUT2D eigenvalue weighted by atomic mass is 19.1. The molecule has 2 aromatic carbocycles. The van der Waals surface area contributed by atoms with Crippen molar-refractivity contribution in [2.24, 2.45) is 0 Å². The Bertz CT molecular complexity index is 866. The summed E-state index contributed by atoms with van der Waals surface area (Å²) in [5.41, 5.74) is -0.0766. The molecule has 0 spiro atoms. The number of carbonyl (C=O) groups excluding carboxylic acids is 3. The lowest BCUT2D eigenvalue weighted by Gasteiger charge is -2.23. The number of rotatable bonds is 7. The molecule has 0 saturated carbocycles. The van der Waals surface area contributed by atoms with Crippen molar-refractivity contribution >= 4 is 29.2 Å². The second-order valence-corrected chi connectivity index (χ2v) is 5.80. The van der Waals surface area contributed by atoms with Crippen LogP contribution < -0.4 is 10.2 Å². The molecule has 2 aromatic rings. The summed E-state index contributed by atoms with van der Waals surface area (Å²) in [5.74, 6) is -3.47. The zero-order valence-corrected chi connectivity index (χ0v) is 15.5. The van der Waals surface area contributed by atoms with E-state index in [0.29, 0.717) is 5.69 Å². The minimum absolute atomic E-state index is 0.0896. The van der Waals surface area contributed by atoms with Gasteiger partial charge in [0.15, 0.2) is 0 Å². The summed E-state index contributed by atoms with van der Waals surface area (Å²) in [5, 5.41) is 2.16. The maximum absolute atomic E-state index is 13.6. The SMILES string of the molecule is CCOC(=O)c1ccccc1N(CCC(=O)Nc1c(F)cccc1F)C(C)=O. The maximum atomic E-state index is 13.6. The lowest BCUT2D eigenvalue weighted by atomic mass is 10.1. The van der Waals surface area contributed by atoms with Crippen LogP contribution in [0.5, 0.6) is 0 Å². The standard InChI is InChI=1S/C20H20F2N2O4/c1-3-28-20(27)14-7-4-5-10-17(14)24(13(2)25)12-11-18(26)23-19-15(21)8-6-9-16(19)22/h4-10H,3,11-12H2,1-2H3,(H,23,26). The first-order valence-corrected chi connectivity index (χ1v) is 8.63. The van der Waals surface area contributed by atoms with Gasteiger partial charge in [0.1, 0.15) is 17.3 Å². The Balaban J connectivity index is 2.15. The molecule has 148 valence electrons. The molecule has 8 heteroatoms. The van der Waals surface area contributed by atoms with Gasteiger partial charge in [-0.3, -0.25) is 9.59 Å². The molecule has 0 radical (unpaired) electrons. The Hall–Kier alpha value is -3.29. The molecule has 0 heterocycles. The highest BCUT2D eigenvalue weighted by Gasteiger charge is 2.21. The van der Waals surface area contributed by atoms with Crippen molar-refractivity contribution in [2.75, 3.05) is 23.4 Å². The Kier molecular flexibility index (Phi) is 7.20. The zero-order chi connectivity index (χ0) is 20.7. The number of esters is 1. The van der Waals surface area contributed by atoms with Gasteiger partial charge in [-0.25, -0.2) is 13.6 Å². The Labute approximate surface area is 161 Å². The summed E-state index contributed by atoms with van der Waals surface area (Å²) in [7, 11) is 0. The number of benzene rings is 2. The summed E-state index contributed by atoms with van der Waals surface area (Å²) in [4.78, 5) is 37.6. The van der Waals surface area contributed by atoms with Crippen LogP contribution in [-0.2, 0) is 14.3 Å². The summed E-state index contributed by atoms with van der Waals surface area (Å²) in [6.45, 7) is 3.03. The van der Waals surface area contributed by atoms with E-state index in [1.165, 1.54) is 24.0 Å². The molecule has 0 saturated heterocycles. The molecule has 0 bridgehead atoms. The van der Waals surface area contributed by atoms with Crippen LogP contribution >= 0.6 is 0 Å². The van der Waals surface area contributed by atoms with Gasteiger partial charge in [0.2, 0.25) is 11.8 Å². The average Bonchev–Trinajstić information content (AvgIpc) is 2.65. The van der Waals surface area contributed by atoms with E-state index in [-0.39, 0.29) is 25.1 Å². The average molecular weight is 390 g/mol. The molecule has 2 rings (SSSR count). The number of halogens is 2. The summed E-state index contributed by atoms with van der Waals surface area (Å²) < 4.78 is 32.3. The zero-order valence-electron chi connectivity index (χ0n) is 15.5. The van der Waals surface area contributed by atoms with Gasteiger partial charge in [0.05, 0.1) is 17.9 Å². The maximum Gasteiger partial charge on any atom is 0.340 e. The number of nitrogens with one attached hydrogen (secondary N) is 1. The van der Waals surface area contributed by atoms with Crippen LogP contribution in [0.25, 0.3) is 0 Å². The van der Waals surface area contributed by atoms with Gasteiger partial charge < -0.3 is 15.0 Å². The molecule has 0 fully saturated rings. The smallest absolute Gasteiger partial charge is 0.340 e. The van der Waals surface area contributed by atoms with E-state index >= 15 is 0 Å². The van der Waals surface area contributed by atoms with Crippen molar-refractivity contribution in [1.82, 2.24) is 0 Å². The van der Waals surface area contributed by atoms with Crippen LogP contribution in [0.2, 0.25) is 0 Å². The highest BCUT2D eigenvalue weighted by Crippen LogP contribution is 2.23. The summed E-state index contributed by atoms with van der Waals surface area (Å²) in [6.07, 6.45) is -0.232. The molecule has 2 amide bonds. The normalized spacial score (nSPS) is 10.3. The summed E-state index contributed by atoms with van der Waals surface area (Å²) in [6, 6.07) is 9.57. The monoisotopic (exact) mass is 390 g/mol. The molecule has 0 aromatic heterocycles. The van der Waals surface area contributed by atoms with Crippen LogP contribution in [-0.4, -0.2) is 30.9 Å². The van der Waals surface area contributed by atoms with Crippen LogP contribution in [0.3, 0.4) is 0 Å². The van der Waals surface area contributed by atoms with Gasteiger partial charge in [-0.2, -0.15) is 0 Å². The second kappa shape index (κ2) is 9.59. The Morgan fingerprint density at radius 1 is 1.04 bits per heavy atom. The molecule has 0 atom stereocenters. The fraction of sp³-hybridized carbons (Fsp3) is 0.250. The van der Waals surface area contributed by atoms with Gasteiger partial charge in [-0.05, 0) is 31.2 Å². The molecule has 28 heavy (non-hydrogen) atoms. The number of hydrogen-bond acceptors (Lipinski definition) is 4. The summed E-state index contributed by atoms with van der Waals surface area (Å²) >= 11 is 0. The largest absolute Gasteiger partial charge is 0.462 e. The van der Waals surface area contributed by atoms with Crippen LogP contribution in [0.4, 0.5) is 20.2 Å². The van der Waals surface area contributed by atoms with Crippen LogP contribution in [0, 0.1) is 11.6 Å². The Morgan fingerprint density at radius 2 is 1.68 bits per heavy atom. The predicted molar refractivity (Wildman–Crippen MR) is 100 cm³/mol. The van der Waals surface area contributed by atoms with Crippen LogP contribution in [0.15, 0.2) is 42.5 Å². The van der Waals surface area contributed by atoms with Crippen molar-refractivity contribution in [2.45, 2.75) is 20.3 Å². The number of anilines is 2. The third-order valence-corrected chi connectivity index (χ3v) is 3.86. The molecule has 0 aliphatic carbocycles. The lowest BCUT2D eigenvalue weighted by molar-refractivity contribution is -0.117. The minimum atomic E-state index is -0.899. The molecule has 0 unspecified atom stereocenters. The van der Waals surface area contributed by atoms with Crippen molar-refractivity contribution in [3.63, 3.8) is 0 Å². The molecular formula is C20H20F2N2O4. The van der Waals surface area contributed by atoms with E-state index in [4.69, 9.17) is 4.74 Å². The number of para-hydroxylation sites is 2. The number of hydrogen-bond donors (Lipinski definition) is 1. The van der Waals surface area contributed by atoms with Crippen molar-refractivity contribution in [3.8, 4) is 0 Å². The molecule has 0 aliphatic heterocycles. The number of carbonyl (C=O) groups is 3. The van der Waals surface area contributed by atoms with Crippen molar-refractivity contribution < 1.29 is 27.9 Å². The van der Waals surface area contributed by atoms with E-state index < -0.39 is 35.1 Å². The lowest BCUT2D eigenvalue weighted by Crippen LogP contribution is -2.33. The third-order valence-electron chi connectivity index (χ3n) is 3.86. The van der Waals surface area contributed by atoms with Crippen molar-refractivity contribution in [1.29, 1.82) is 0 Å². The van der Waals surface area contributed by atoms with E-state index in [1.807, 2.05) is 0 Å². The van der Waals surface area contributed by atoms with Gasteiger partial charge in [0, 0.05) is 19.9 Å². The predicted octanol–water partition coefficient (Wildman–Crippen LogP) is 3.52. The first-order chi connectivity index (χ1) is 13.3. The van der Waals surface area contributed by atoms with E-state index in [2.05, 4.69) is 5.32 Å². The Morgan fingerprint density at radius 3 is 2.29 bits per heavy atom. The minimum Gasteiger partial charge on any atom is -0.462 e. The molecular weight excluding hydrogens is 370 g/mol. The molecule has 1 N–H and O–H groups in total. The quantitative estimate of drug-likeness (QED) is 0.734. The second-order valence-electron chi connectivity index (χ2n) is 5.80. The van der Waals surface area contributed by atoms with Gasteiger partial charge in [-0.1, -0.05) is 18.2 Å².